The summed E-state index contributed by atoms with van der Waals surface area (Å²) in [6.45, 7) is 3.39. The van der Waals surface area contributed by atoms with E-state index in [1.54, 1.807) is 38.1 Å². The molecular weight excluding hydrogens is 340 g/mol. The Balaban J connectivity index is 2.42. The third kappa shape index (κ3) is 5.95. The van der Waals surface area contributed by atoms with Gasteiger partial charge in [0.2, 0.25) is 5.91 Å². The lowest BCUT2D eigenvalue weighted by Crippen LogP contribution is -2.46. The molecule has 1 rings (SSSR count). The third-order valence-corrected chi connectivity index (χ3v) is 3.01. The second kappa shape index (κ2) is 8.41. The lowest BCUT2D eigenvalue weighted by atomic mass is 10.2. The van der Waals surface area contributed by atoms with Crippen molar-refractivity contribution in [3.63, 3.8) is 0 Å². The molecule has 114 valence electrons. The van der Waals surface area contributed by atoms with Crippen LogP contribution in [0.5, 0.6) is 0 Å². The van der Waals surface area contributed by atoms with Gasteiger partial charge in [0.1, 0.15) is 6.04 Å². The smallest absolute Gasteiger partial charge is 0.338 e. The molecule has 0 aliphatic heterocycles. The van der Waals surface area contributed by atoms with Gasteiger partial charge in [0.05, 0.1) is 5.56 Å². The van der Waals surface area contributed by atoms with Gasteiger partial charge >= 0.3 is 5.97 Å². The lowest BCUT2D eigenvalue weighted by molar-refractivity contribution is -0.130. The Hall–Kier alpha value is -1.89. The maximum Gasteiger partial charge on any atom is 0.338 e. The summed E-state index contributed by atoms with van der Waals surface area (Å²) in [5.41, 5.74) is 0.342. The zero-order chi connectivity index (χ0) is 15.8. The average molecular weight is 357 g/mol. The Bertz CT molecular complexity index is 533. The largest absolute Gasteiger partial charge is 0.452 e. The van der Waals surface area contributed by atoms with Crippen molar-refractivity contribution in [3.05, 3.63) is 34.3 Å². The highest BCUT2D eigenvalue weighted by Gasteiger charge is 2.16. The van der Waals surface area contributed by atoms with E-state index in [0.717, 1.165) is 4.47 Å². The van der Waals surface area contributed by atoms with Crippen LogP contribution in [-0.2, 0) is 14.3 Å². The standard InChI is InChI=1S/C14H17BrN2O4/c1-3-16-13(19)9(2)17-12(18)8-21-14(20)10-5-4-6-11(15)7-10/h4-7,9H,3,8H2,1-2H3,(H,16,19)(H,17,18)/t9-/m1/s1. The minimum atomic E-state index is -0.679. The molecule has 21 heavy (non-hydrogen) atoms. The topological polar surface area (TPSA) is 84.5 Å². The molecule has 0 bridgehead atoms. The van der Waals surface area contributed by atoms with E-state index in [2.05, 4.69) is 26.6 Å². The monoisotopic (exact) mass is 356 g/mol. The minimum absolute atomic E-state index is 0.288. The Kier molecular flexibility index (Phi) is 6.87. The molecule has 1 atom stereocenters. The Morgan fingerprint density at radius 2 is 2.05 bits per heavy atom. The first kappa shape index (κ1) is 17.2. The van der Waals surface area contributed by atoms with E-state index in [-0.39, 0.29) is 5.91 Å². The number of hydrogen-bond donors (Lipinski definition) is 2. The van der Waals surface area contributed by atoms with Gasteiger partial charge in [-0.2, -0.15) is 0 Å². The number of carbonyl (C=O) groups is 3. The highest BCUT2D eigenvalue weighted by molar-refractivity contribution is 9.10. The number of benzene rings is 1. The van der Waals surface area contributed by atoms with Crippen molar-refractivity contribution < 1.29 is 19.1 Å². The molecule has 2 N–H and O–H groups in total. The third-order valence-electron chi connectivity index (χ3n) is 2.52. The molecule has 0 fully saturated rings. The van der Waals surface area contributed by atoms with Crippen LogP contribution in [0.3, 0.4) is 0 Å². The van der Waals surface area contributed by atoms with Gasteiger partial charge in [-0.15, -0.1) is 0 Å². The molecule has 7 heteroatoms. The van der Waals surface area contributed by atoms with E-state index in [0.29, 0.717) is 12.1 Å². The first-order valence-corrected chi connectivity index (χ1v) is 7.23. The fourth-order valence-corrected chi connectivity index (χ4v) is 1.91. The molecule has 0 saturated heterocycles. The van der Waals surface area contributed by atoms with Gasteiger partial charge in [-0.25, -0.2) is 4.79 Å². The van der Waals surface area contributed by atoms with E-state index in [1.165, 1.54) is 0 Å². The van der Waals surface area contributed by atoms with Crippen molar-refractivity contribution in [2.75, 3.05) is 13.2 Å². The van der Waals surface area contributed by atoms with Gasteiger partial charge in [-0.1, -0.05) is 22.0 Å². The van der Waals surface area contributed by atoms with Gasteiger partial charge in [0, 0.05) is 11.0 Å². The summed E-state index contributed by atoms with van der Waals surface area (Å²) in [7, 11) is 0. The number of esters is 1. The van der Waals surface area contributed by atoms with Crippen LogP contribution in [0.15, 0.2) is 28.7 Å². The van der Waals surface area contributed by atoms with Gasteiger partial charge < -0.3 is 15.4 Å². The molecule has 1 aromatic carbocycles. The zero-order valence-electron chi connectivity index (χ0n) is 11.8. The van der Waals surface area contributed by atoms with Crippen molar-refractivity contribution in [3.8, 4) is 0 Å². The SMILES string of the molecule is CCNC(=O)[C@@H](C)NC(=O)COC(=O)c1cccc(Br)c1. The van der Waals surface area contributed by atoms with E-state index in [9.17, 15) is 14.4 Å². The van der Waals surface area contributed by atoms with E-state index in [4.69, 9.17) is 4.74 Å². The first-order chi connectivity index (χ1) is 9.93. The number of nitrogens with one attached hydrogen (secondary N) is 2. The first-order valence-electron chi connectivity index (χ1n) is 6.43. The molecule has 1 aromatic rings. The summed E-state index contributed by atoms with van der Waals surface area (Å²) < 4.78 is 5.62. The Morgan fingerprint density at radius 3 is 2.67 bits per heavy atom. The van der Waals surface area contributed by atoms with Crippen molar-refractivity contribution in [1.29, 1.82) is 0 Å². The molecule has 0 unspecified atom stereocenters. The van der Waals surface area contributed by atoms with Crippen molar-refractivity contribution >= 4 is 33.7 Å². The van der Waals surface area contributed by atoms with Crippen LogP contribution in [0.25, 0.3) is 0 Å². The quantitative estimate of drug-likeness (QED) is 0.751. The predicted octanol–water partition coefficient (Wildman–Crippen LogP) is 1.25. The Labute approximate surface area is 131 Å². The second-order valence-corrected chi connectivity index (χ2v) is 5.19. The highest BCUT2D eigenvalue weighted by atomic mass is 79.9. The van der Waals surface area contributed by atoms with Gasteiger partial charge in [0.25, 0.3) is 5.91 Å². The van der Waals surface area contributed by atoms with Crippen molar-refractivity contribution in [1.82, 2.24) is 10.6 Å². The lowest BCUT2D eigenvalue weighted by Gasteiger charge is -2.13. The summed E-state index contributed by atoms with van der Waals surface area (Å²) in [4.78, 5) is 34.7. The number of ether oxygens (including phenoxy) is 1. The minimum Gasteiger partial charge on any atom is -0.452 e. The van der Waals surface area contributed by atoms with Crippen LogP contribution < -0.4 is 10.6 Å². The number of carbonyl (C=O) groups excluding carboxylic acids is 3. The van der Waals surface area contributed by atoms with Crippen LogP contribution in [-0.4, -0.2) is 37.0 Å². The molecule has 0 aliphatic rings. The molecule has 0 radical (unpaired) electrons. The molecular formula is C14H17BrN2O4. The predicted molar refractivity (Wildman–Crippen MR) is 80.7 cm³/mol. The Morgan fingerprint density at radius 1 is 1.33 bits per heavy atom. The van der Waals surface area contributed by atoms with Crippen LogP contribution in [0.2, 0.25) is 0 Å². The van der Waals surface area contributed by atoms with E-state index >= 15 is 0 Å². The molecule has 0 heterocycles. The second-order valence-electron chi connectivity index (χ2n) is 4.27. The van der Waals surface area contributed by atoms with Crippen molar-refractivity contribution in [2.24, 2.45) is 0 Å². The number of hydrogen-bond acceptors (Lipinski definition) is 4. The number of likely N-dealkylation sites (N-methyl/N-ethyl adjacent to an activating group) is 1. The number of rotatable bonds is 6. The van der Waals surface area contributed by atoms with Crippen LogP contribution in [0.1, 0.15) is 24.2 Å². The van der Waals surface area contributed by atoms with Crippen LogP contribution >= 0.6 is 15.9 Å². The fraction of sp³-hybridized carbons (Fsp3) is 0.357. The molecule has 0 aliphatic carbocycles. The summed E-state index contributed by atoms with van der Waals surface area (Å²) in [5.74, 6) is -1.42. The summed E-state index contributed by atoms with van der Waals surface area (Å²) in [6, 6.07) is 5.97. The normalized spacial score (nSPS) is 11.4. The summed E-state index contributed by atoms with van der Waals surface area (Å²) in [6.07, 6.45) is 0. The molecule has 2 amide bonds. The van der Waals surface area contributed by atoms with Gasteiger partial charge in [0.15, 0.2) is 6.61 Å². The highest BCUT2D eigenvalue weighted by Crippen LogP contribution is 2.12. The molecule has 0 saturated carbocycles. The van der Waals surface area contributed by atoms with E-state index in [1.807, 2.05) is 0 Å². The van der Waals surface area contributed by atoms with Gasteiger partial charge in [-0.05, 0) is 32.0 Å². The maximum absolute atomic E-state index is 11.7. The molecule has 0 aromatic heterocycles. The van der Waals surface area contributed by atoms with Crippen LogP contribution in [0, 0.1) is 0 Å². The summed E-state index contributed by atoms with van der Waals surface area (Å²) >= 11 is 3.24. The van der Waals surface area contributed by atoms with Crippen molar-refractivity contribution in [2.45, 2.75) is 19.9 Å². The number of amides is 2. The summed E-state index contributed by atoms with van der Waals surface area (Å²) in [5, 5.41) is 5.03. The maximum atomic E-state index is 11.7. The van der Waals surface area contributed by atoms with E-state index < -0.39 is 24.5 Å². The number of halogens is 1. The fourth-order valence-electron chi connectivity index (χ4n) is 1.51. The van der Waals surface area contributed by atoms with Gasteiger partial charge in [-0.3, -0.25) is 9.59 Å². The zero-order valence-corrected chi connectivity index (χ0v) is 13.4. The molecule has 0 spiro atoms. The van der Waals surface area contributed by atoms with Crippen LogP contribution in [0.4, 0.5) is 0 Å². The average Bonchev–Trinajstić information content (AvgIpc) is 2.45. The molecule has 6 nitrogen and oxygen atoms in total.